The van der Waals surface area contributed by atoms with Gasteiger partial charge in [-0.1, -0.05) is 19.1 Å². The molecule has 0 spiro atoms. The third-order valence-corrected chi connectivity index (χ3v) is 3.35. The van der Waals surface area contributed by atoms with Crippen LogP contribution in [0.4, 0.5) is 11.5 Å². The molecule has 1 amide bonds. The molecule has 1 aromatic heterocycles. The first-order valence-corrected chi connectivity index (χ1v) is 7.48. The van der Waals surface area contributed by atoms with Crippen LogP contribution < -0.4 is 10.6 Å². The Morgan fingerprint density at radius 3 is 2.68 bits per heavy atom. The van der Waals surface area contributed by atoms with Crippen molar-refractivity contribution < 1.29 is 4.79 Å². The summed E-state index contributed by atoms with van der Waals surface area (Å²) in [5.74, 6) is 1.02. The molecule has 22 heavy (non-hydrogen) atoms. The van der Waals surface area contributed by atoms with Crippen molar-refractivity contribution in [3.63, 3.8) is 0 Å². The number of hydrogen-bond donors (Lipinski definition) is 2. The molecule has 5 heteroatoms. The molecule has 0 fully saturated rings. The average Bonchev–Trinajstić information content (AvgIpc) is 2.46. The van der Waals surface area contributed by atoms with Crippen LogP contribution in [0.25, 0.3) is 0 Å². The molecule has 1 unspecified atom stereocenters. The van der Waals surface area contributed by atoms with Gasteiger partial charge in [-0.3, -0.25) is 4.79 Å². The Kier molecular flexibility index (Phi) is 5.09. The first-order chi connectivity index (χ1) is 10.5. The van der Waals surface area contributed by atoms with Crippen molar-refractivity contribution in [1.82, 2.24) is 9.97 Å². The van der Waals surface area contributed by atoms with Crippen molar-refractivity contribution in [2.45, 2.75) is 40.2 Å². The minimum atomic E-state index is -0.233. The Balaban J connectivity index is 2.18. The number of nitrogens with zero attached hydrogens (tertiary/aromatic N) is 2. The van der Waals surface area contributed by atoms with Crippen LogP contribution in [-0.4, -0.2) is 21.9 Å². The van der Waals surface area contributed by atoms with Gasteiger partial charge in [0.15, 0.2) is 0 Å². The number of amides is 1. The number of hydrogen-bond acceptors (Lipinski definition) is 4. The molecular formula is C17H22N4O. The lowest BCUT2D eigenvalue weighted by molar-refractivity contribution is 0.102. The van der Waals surface area contributed by atoms with Crippen LogP contribution in [0.1, 0.15) is 42.1 Å². The molecule has 2 rings (SSSR count). The molecule has 0 bridgehead atoms. The van der Waals surface area contributed by atoms with E-state index in [0.717, 1.165) is 17.7 Å². The van der Waals surface area contributed by atoms with Crippen LogP contribution in [0.15, 0.2) is 30.3 Å². The van der Waals surface area contributed by atoms with E-state index in [1.807, 2.05) is 31.2 Å². The van der Waals surface area contributed by atoms with Gasteiger partial charge < -0.3 is 10.6 Å². The highest BCUT2D eigenvalue weighted by molar-refractivity contribution is 6.03. The second-order valence-corrected chi connectivity index (χ2v) is 5.46. The zero-order valence-corrected chi connectivity index (χ0v) is 13.5. The summed E-state index contributed by atoms with van der Waals surface area (Å²) in [5, 5.41) is 6.13. The highest BCUT2D eigenvalue weighted by atomic mass is 16.1. The van der Waals surface area contributed by atoms with Crippen LogP contribution >= 0.6 is 0 Å². The Hall–Kier alpha value is -2.43. The monoisotopic (exact) mass is 298 g/mol. The summed E-state index contributed by atoms with van der Waals surface area (Å²) >= 11 is 0. The van der Waals surface area contributed by atoms with E-state index in [-0.39, 0.29) is 5.91 Å². The molecule has 1 atom stereocenters. The van der Waals surface area contributed by atoms with Crippen molar-refractivity contribution in [2.24, 2.45) is 0 Å². The standard InChI is InChI=1S/C17H22N4O/c1-5-12(3)18-16-10-15(19-13(4)20-16)17(22)21-14-8-6-7-11(2)9-14/h6-10,12H,5H2,1-4H3,(H,21,22)(H,18,19,20). The second-order valence-electron chi connectivity index (χ2n) is 5.46. The Morgan fingerprint density at radius 2 is 2.00 bits per heavy atom. The minimum absolute atomic E-state index is 0.233. The Morgan fingerprint density at radius 1 is 1.23 bits per heavy atom. The third-order valence-electron chi connectivity index (χ3n) is 3.35. The van der Waals surface area contributed by atoms with E-state index < -0.39 is 0 Å². The van der Waals surface area contributed by atoms with Gasteiger partial charge in [0.05, 0.1) is 0 Å². The lowest BCUT2D eigenvalue weighted by Crippen LogP contribution is -2.18. The van der Waals surface area contributed by atoms with Crippen molar-refractivity contribution in [2.75, 3.05) is 10.6 Å². The van der Waals surface area contributed by atoms with E-state index in [9.17, 15) is 4.79 Å². The molecule has 0 aliphatic carbocycles. The summed E-state index contributed by atoms with van der Waals surface area (Å²) in [6, 6.07) is 9.65. The molecule has 5 nitrogen and oxygen atoms in total. The topological polar surface area (TPSA) is 66.9 Å². The van der Waals surface area contributed by atoms with E-state index in [0.29, 0.717) is 23.4 Å². The van der Waals surface area contributed by atoms with Crippen LogP contribution in [-0.2, 0) is 0 Å². The first kappa shape index (κ1) is 15.9. The molecule has 1 heterocycles. The lowest BCUT2D eigenvalue weighted by Gasteiger charge is -2.13. The van der Waals surface area contributed by atoms with Gasteiger partial charge in [0, 0.05) is 17.8 Å². The molecule has 2 aromatic rings. The number of anilines is 2. The fourth-order valence-electron chi connectivity index (χ4n) is 2.03. The molecule has 2 N–H and O–H groups in total. The number of carbonyl (C=O) groups excluding carboxylic acids is 1. The van der Waals surface area contributed by atoms with Crippen LogP contribution in [0.2, 0.25) is 0 Å². The fraction of sp³-hybridized carbons (Fsp3) is 0.353. The quantitative estimate of drug-likeness (QED) is 0.885. The summed E-state index contributed by atoms with van der Waals surface area (Å²) in [5.41, 5.74) is 2.22. The van der Waals surface area contributed by atoms with E-state index in [4.69, 9.17) is 0 Å². The van der Waals surface area contributed by atoms with Crippen molar-refractivity contribution >= 4 is 17.4 Å². The summed E-state index contributed by atoms with van der Waals surface area (Å²) in [6.07, 6.45) is 0.980. The van der Waals surface area contributed by atoms with Gasteiger partial charge >= 0.3 is 0 Å². The van der Waals surface area contributed by atoms with Gasteiger partial charge in [-0.2, -0.15) is 0 Å². The number of carbonyl (C=O) groups is 1. The maximum absolute atomic E-state index is 12.4. The maximum Gasteiger partial charge on any atom is 0.274 e. The van der Waals surface area contributed by atoms with Gasteiger partial charge in [0.2, 0.25) is 0 Å². The number of aromatic nitrogens is 2. The maximum atomic E-state index is 12.4. The number of nitrogens with one attached hydrogen (secondary N) is 2. The molecule has 0 aliphatic heterocycles. The smallest absolute Gasteiger partial charge is 0.274 e. The fourth-order valence-corrected chi connectivity index (χ4v) is 2.03. The van der Waals surface area contributed by atoms with Crippen LogP contribution in [0, 0.1) is 13.8 Å². The van der Waals surface area contributed by atoms with Crippen molar-refractivity contribution in [3.8, 4) is 0 Å². The number of aryl methyl sites for hydroxylation is 2. The van der Waals surface area contributed by atoms with E-state index in [1.165, 1.54) is 0 Å². The lowest BCUT2D eigenvalue weighted by atomic mass is 10.2. The molecule has 0 aliphatic rings. The van der Waals surface area contributed by atoms with Crippen LogP contribution in [0.5, 0.6) is 0 Å². The van der Waals surface area contributed by atoms with E-state index in [1.54, 1.807) is 13.0 Å². The van der Waals surface area contributed by atoms with Crippen LogP contribution in [0.3, 0.4) is 0 Å². The minimum Gasteiger partial charge on any atom is -0.368 e. The zero-order chi connectivity index (χ0) is 16.1. The average molecular weight is 298 g/mol. The van der Waals surface area contributed by atoms with Gasteiger partial charge in [0.1, 0.15) is 17.3 Å². The van der Waals surface area contributed by atoms with Gasteiger partial charge in [-0.15, -0.1) is 0 Å². The largest absolute Gasteiger partial charge is 0.368 e. The molecular weight excluding hydrogens is 276 g/mol. The molecule has 116 valence electrons. The van der Waals surface area contributed by atoms with Gasteiger partial charge in [-0.25, -0.2) is 9.97 Å². The van der Waals surface area contributed by atoms with Gasteiger partial charge in [-0.05, 0) is 44.9 Å². The highest BCUT2D eigenvalue weighted by Crippen LogP contribution is 2.13. The Labute approximate surface area is 131 Å². The SMILES string of the molecule is CCC(C)Nc1cc(C(=O)Nc2cccc(C)c2)nc(C)n1. The summed E-state index contributed by atoms with van der Waals surface area (Å²) < 4.78 is 0. The van der Waals surface area contributed by atoms with Gasteiger partial charge in [0.25, 0.3) is 5.91 Å². The molecule has 0 saturated heterocycles. The second kappa shape index (κ2) is 7.02. The number of benzene rings is 1. The molecule has 1 aromatic carbocycles. The highest BCUT2D eigenvalue weighted by Gasteiger charge is 2.12. The van der Waals surface area contributed by atoms with Crippen molar-refractivity contribution in [3.05, 3.63) is 47.4 Å². The summed E-state index contributed by atoms with van der Waals surface area (Å²) in [7, 11) is 0. The third kappa shape index (κ3) is 4.28. The summed E-state index contributed by atoms with van der Waals surface area (Å²) in [6.45, 7) is 7.94. The van der Waals surface area contributed by atoms with Crippen molar-refractivity contribution in [1.29, 1.82) is 0 Å². The zero-order valence-electron chi connectivity index (χ0n) is 13.5. The molecule has 0 saturated carbocycles. The summed E-state index contributed by atoms with van der Waals surface area (Å²) in [4.78, 5) is 20.9. The van der Waals surface area contributed by atoms with E-state index in [2.05, 4.69) is 34.4 Å². The Bertz CT molecular complexity index is 669. The normalized spacial score (nSPS) is 11.8. The predicted molar refractivity (Wildman–Crippen MR) is 89.3 cm³/mol. The molecule has 0 radical (unpaired) electrons. The predicted octanol–water partition coefficient (Wildman–Crippen LogP) is 3.56. The number of rotatable bonds is 5. The first-order valence-electron chi connectivity index (χ1n) is 7.48. The van der Waals surface area contributed by atoms with E-state index >= 15 is 0 Å².